The molecule has 1 aliphatic rings. The van der Waals surface area contributed by atoms with Crippen LogP contribution in [0, 0.1) is 0 Å². The van der Waals surface area contributed by atoms with E-state index >= 15 is 0 Å². The van der Waals surface area contributed by atoms with Crippen LogP contribution < -0.4 is 4.90 Å². The summed E-state index contributed by atoms with van der Waals surface area (Å²) in [5, 5.41) is 10.7. The fraction of sp³-hybridized carbons (Fsp3) is 0.353. The molecular formula is C17H19N5O. The lowest BCUT2D eigenvalue weighted by Crippen LogP contribution is -2.36. The minimum atomic E-state index is -0.184. The van der Waals surface area contributed by atoms with Gasteiger partial charge in [-0.2, -0.15) is 0 Å². The van der Waals surface area contributed by atoms with Gasteiger partial charge in [0.25, 0.3) is 0 Å². The highest BCUT2D eigenvalue weighted by Gasteiger charge is 2.19. The van der Waals surface area contributed by atoms with Gasteiger partial charge in [0.05, 0.1) is 6.10 Å². The number of rotatable bonds is 2. The molecular weight excluding hydrogens is 290 g/mol. The molecule has 1 N–H and O–H groups in total. The SMILES string of the molecule is Cn1ccc2c(-c3nccc(N4CCC(O)CC4)n3)ccnc21. The van der Waals surface area contributed by atoms with Gasteiger partial charge in [0.2, 0.25) is 0 Å². The lowest BCUT2D eigenvalue weighted by Gasteiger charge is -2.30. The average molecular weight is 309 g/mol. The number of aliphatic hydroxyl groups is 1. The van der Waals surface area contributed by atoms with Crippen molar-refractivity contribution in [1.82, 2.24) is 19.5 Å². The highest BCUT2D eigenvalue weighted by molar-refractivity contribution is 5.91. The summed E-state index contributed by atoms with van der Waals surface area (Å²) in [7, 11) is 1.98. The van der Waals surface area contributed by atoms with Gasteiger partial charge in [0, 0.05) is 49.7 Å². The van der Waals surface area contributed by atoms with Crippen molar-refractivity contribution in [3.05, 3.63) is 36.8 Å². The van der Waals surface area contributed by atoms with E-state index in [-0.39, 0.29) is 6.10 Å². The zero-order chi connectivity index (χ0) is 15.8. The molecule has 118 valence electrons. The van der Waals surface area contributed by atoms with Gasteiger partial charge in [-0.3, -0.25) is 0 Å². The molecule has 23 heavy (non-hydrogen) atoms. The second-order valence-electron chi connectivity index (χ2n) is 5.98. The van der Waals surface area contributed by atoms with Gasteiger partial charge < -0.3 is 14.6 Å². The lowest BCUT2D eigenvalue weighted by molar-refractivity contribution is 0.145. The van der Waals surface area contributed by atoms with E-state index in [4.69, 9.17) is 4.98 Å². The quantitative estimate of drug-likeness (QED) is 0.784. The first-order chi connectivity index (χ1) is 11.2. The van der Waals surface area contributed by atoms with Crippen molar-refractivity contribution in [2.45, 2.75) is 18.9 Å². The number of anilines is 1. The molecule has 1 fully saturated rings. The van der Waals surface area contributed by atoms with Crippen LogP contribution in [-0.2, 0) is 7.05 Å². The van der Waals surface area contributed by atoms with Gasteiger partial charge in [-0.15, -0.1) is 0 Å². The number of aliphatic hydroxyl groups excluding tert-OH is 1. The molecule has 0 radical (unpaired) electrons. The van der Waals surface area contributed by atoms with Crippen LogP contribution in [0.2, 0.25) is 0 Å². The first-order valence-corrected chi connectivity index (χ1v) is 7.89. The smallest absolute Gasteiger partial charge is 0.162 e. The molecule has 0 aliphatic carbocycles. The topological polar surface area (TPSA) is 67.1 Å². The Morgan fingerprint density at radius 2 is 1.87 bits per heavy atom. The first-order valence-electron chi connectivity index (χ1n) is 7.89. The van der Waals surface area contributed by atoms with Gasteiger partial charge >= 0.3 is 0 Å². The van der Waals surface area contributed by atoms with E-state index in [0.717, 1.165) is 48.3 Å². The lowest BCUT2D eigenvalue weighted by atomic mass is 10.1. The molecule has 6 heteroatoms. The fourth-order valence-corrected chi connectivity index (χ4v) is 3.11. The minimum absolute atomic E-state index is 0.184. The molecule has 0 spiro atoms. The molecule has 1 aliphatic heterocycles. The van der Waals surface area contributed by atoms with Crippen LogP contribution in [0.5, 0.6) is 0 Å². The van der Waals surface area contributed by atoms with Gasteiger partial charge in [-0.05, 0) is 31.0 Å². The first kappa shape index (κ1) is 14.1. The fourth-order valence-electron chi connectivity index (χ4n) is 3.11. The molecule has 0 unspecified atom stereocenters. The number of nitrogens with zero attached hydrogens (tertiary/aromatic N) is 5. The Balaban J connectivity index is 1.73. The van der Waals surface area contributed by atoms with Crippen LogP contribution in [0.15, 0.2) is 36.8 Å². The number of piperidine rings is 1. The van der Waals surface area contributed by atoms with Gasteiger partial charge in [-0.1, -0.05) is 0 Å². The second-order valence-corrected chi connectivity index (χ2v) is 5.98. The number of aryl methyl sites for hydroxylation is 1. The maximum Gasteiger partial charge on any atom is 0.162 e. The molecule has 6 nitrogen and oxygen atoms in total. The highest BCUT2D eigenvalue weighted by Crippen LogP contribution is 2.27. The van der Waals surface area contributed by atoms with Crippen LogP contribution in [0.1, 0.15) is 12.8 Å². The molecule has 3 aromatic rings. The molecule has 0 saturated carbocycles. The standard InChI is InChI=1S/C17H19N5O/c1-21-9-6-14-13(2-7-19-17(14)21)16-18-8-3-15(20-16)22-10-4-12(23)5-11-22/h2-3,6-9,12,23H,4-5,10-11H2,1H3. The van der Waals surface area contributed by atoms with Crippen LogP contribution >= 0.6 is 0 Å². The Bertz CT molecular complexity index is 836. The summed E-state index contributed by atoms with van der Waals surface area (Å²) in [5.41, 5.74) is 1.92. The normalized spacial score (nSPS) is 16.2. The third-order valence-corrected chi connectivity index (χ3v) is 4.44. The van der Waals surface area contributed by atoms with Crippen LogP contribution in [0.4, 0.5) is 5.82 Å². The van der Waals surface area contributed by atoms with E-state index < -0.39 is 0 Å². The monoisotopic (exact) mass is 309 g/mol. The molecule has 4 heterocycles. The van der Waals surface area contributed by atoms with Crippen molar-refractivity contribution in [3.8, 4) is 11.4 Å². The van der Waals surface area contributed by atoms with Gasteiger partial charge in [0.1, 0.15) is 11.5 Å². The Morgan fingerprint density at radius 3 is 2.70 bits per heavy atom. The van der Waals surface area contributed by atoms with Gasteiger partial charge in [0.15, 0.2) is 5.82 Å². The van der Waals surface area contributed by atoms with E-state index in [0.29, 0.717) is 5.82 Å². The maximum absolute atomic E-state index is 9.66. The summed E-state index contributed by atoms with van der Waals surface area (Å²) < 4.78 is 1.99. The van der Waals surface area contributed by atoms with E-state index in [1.807, 2.05) is 36.0 Å². The number of pyridine rings is 1. The predicted molar refractivity (Wildman–Crippen MR) is 89.2 cm³/mol. The molecule has 3 aromatic heterocycles. The van der Waals surface area contributed by atoms with Gasteiger partial charge in [-0.25, -0.2) is 15.0 Å². The summed E-state index contributed by atoms with van der Waals surface area (Å²) in [6, 6.07) is 5.94. The molecule has 0 aromatic carbocycles. The predicted octanol–water partition coefficient (Wildman–Crippen LogP) is 1.99. The molecule has 0 bridgehead atoms. The van der Waals surface area contributed by atoms with Crippen molar-refractivity contribution < 1.29 is 5.11 Å². The van der Waals surface area contributed by atoms with E-state index in [9.17, 15) is 5.11 Å². The summed E-state index contributed by atoms with van der Waals surface area (Å²) in [4.78, 5) is 15.8. The molecule has 0 amide bonds. The Morgan fingerprint density at radius 1 is 1.09 bits per heavy atom. The number of hydrogen-bond acceptors (Lipinski definition) is 5. The summed E-state index contributed by atoms with van der Waals surface area (Å²) >= 11 is 0. The zero-order valence-corrected chi connectivity index (χ0v) is 13.1. The summed E-state index contributed by atoms with van der Waals surface area (Å²) in [5.74, 6) is 1.63. The van der Waals surface area contributed by atoms with E-state index in [1.165, 1.54) is 0 Å². The van der Waals surface area contributed by atoms with Crippen molar-refractivity contribution in [1.29, 1.82) is 0 Å². The van der Waals surface area contributed by atoms with Crippen molar-refractivity contribution in [3.63, 3.8) is 0 Å². The summed E-state index contributed by atoms with van der Waals surface area (Å²) in [6.45, 7) is 1.66. The number of hydrogen-bond donors (Lipinski definition) is 1. The zero-order valence-electron chi connectivity index (χ0n) is 13.1. The molecule has 1 saturated heterocycles. The summed E-state index contributed by atoms with van der Waals surface area (Å²) in [6.07, 6.45) is 6.99. The largest absolute Gasteiger partial charge is 0.393 e. The van der Waals surface area contributed by atoms with Crippen LogP contribution in [0.25, 0.3) is 22.4 Å². The van der Waals surface area contributed by atoms with E-state index in [2.05, 4.69) is 14.9 Å². The van der Waals surface area contributed by atoms with Crippen molar-refractivity contribution in [2.24, 2.45) is 7.05 Å². The van der Waals surface area contributed by atoms with Crippen LogP contribution in [0.3, 0.4) is 0 Å². The Hall–Kier alpha value is -2.47. The van der Waals surface area contributed by atoms with Crippen LogP contribution in [-0.4, -0.2) is 43.8 Å². The number of fused-ring (bicyclic) bond motifs is 1. The Kier molecular flexibility index (Phi) is 3.46. The van der Waals surface area contributed by atoms with Crippen molar-refractivity contribution in [2.75, 3.05) is 18.0 Å². The maximum atomic E-state index is 9.66. The Labute approximate surface area is 134 Å². The second kappa shape index (κ2) is 5.62. The van der Waals surface area contributed by atoms with Crippen molar-refractivity contribution >= 4 is 16.9 Å². The molecule has 4 rings (SSSR count). The average Bonchev–Trinajstić information content (AvgIpc) is 2.97. The third kappa shape index (κ3) is 2.55. The highest BCUT2D eigenvalue weighted by atomic mass is 16.3. The number of aromatic nitrogens is 4. The van der Waals surface area contributed by atoms with E-state index in [1.54, 1.807) is 12.4 Å². The third-order valence-electron chi connectivity index (χ3n) is 4.44. The molecule has 0 atom stereocenters. The minimum Gasteiger partial charge on any atom is -0.393 e.